The number of ether oxygens (including phenoxy) is 2. The highest BCUT2D eigenvalue weighted by Crippen LogP contribution is 2.72. The monoisotopic (exact) mass is 480 g/mol. The fraction of sp³-hybridized carbons (Fsp3) is 0.885. The minimum atomic E-state index is -1.62. The molecule has 0 aromatic rings. The number of esters is 1. The Morgan fingerprint density at radius 2 is 1.82 bits per heavy atom. The lowest BCUT2D eigenvalue weighted by molar-refractivity contribution is -0.298. The van der Waals surface area contributed by atoms with Crippen molar-refractivity contribution in [1.29, 1.82) is 0 Å². The van der Waals surface area contributed by atoms with Crippen molar-refractivity contribution in [2.24, 2.45) is 34.0 Å². The Morgan fingerprint density at radius 3 is 2.53 bits per heavy atom. The normalized spacial score (nSPS) is 54.8. The predicted octanol–water partition coefficient (Wildman–Crippen LogP) is 1.27. The third kappa shape index (κ3) is 3.29. The van der Waals surface area contributed by atoms with Gasteiger partial charge in [0.25, 0.3) is 0 Å². The van der Waals surface area contributed by atoms with E-state index in [4.69, 9.17) is 9.47 Å². The molecule has 0 aromatic heterocycles. The molecule has 1 saturated heterocycles. The standard InChI is InChI=1S/C26H40O8/c1-13-10-26-11-14(13)5-6-16(26)24(2)7-4-8-25(3,17(24)9-18(26)28)23(32)34-22-21(31)20(30)19(29)15(12-27)33-22/h14-22,27-31H,1,4-12H2,2-3H3/t14-,15-,16+,17+,18-,19-,20+,21-,22+,24+,25-,26+/m1/s1. The summed E-state index contributed by atoms with van der Waals surface area (Å²) in [7, 11) is 0. The van der Waals surface area contributed by atoms with Gasteiger partial charge >= 0.3 is 5.97 Å². The molecule has 1 spiro atoms. The lowest BCUT2D eigenvalue weighted by Gasteiger charge is -2.65. The van der Waals surface area contributed by atoms with E-state index in [0.717, 1.165) is 38.5 Å². The van der Waals surface area contributed by atoms with Gasteiger partial charge in [-0.1, -0.05) is 25.5 Å². The molecule has 4 saturated carbocycles. The quantitative estimate of drug-likeness (QED) is 0.301. The number of hydrogen-bond donors (Lipinski definition) is 5. The fourth-order valence-corrected chi connectivity index (χ4v) is 8.91. The Labute approximate surface area is 201 Å². The van der Waals surface area contributed by atoms with Crippen LogP contribution in [0.4, 0.5) is 0 Å². The van der Waals surface area contributed by atoms with Crippen molar-refractivity contribution in [2.75, 3.05) is 6.61 Å². The molecule has 5 N–H and O–H groups in total. The molecule has 5 aliphatic rings. The van der Waals surface area contributed by atoms with E-state index in [1.54, 1.807) is 0 Å². The van der Waals surface area contributed by atoms with E-state index in [2.05, 4.69) is 13.5 Å². The summed E-state index contributed by atoms with van der Waals surface area (Å²) in [5.41, 5.74) is 0.103. The first-order valence-electron chi connectivity index (χ1n) is 12.9. The minimum Gasteiger partial charge on any atom is -0.432 e. The predicted molar refractivity (Wildman–Crippen MR) is 121 cm³/mol. The van der Waals surface area contributed by atoms with E-state index < -0.39 is 54.8 Å². The van der Waals surface area contributed by atoms with Gasteiger partial charge in [0, 0.05) is 5.41 Å². The van der Waals surface area contributed by atoms with Crippen molar-refractivity contribution in [3.8, 4) is 0 Å². The van der Waals surface area contributed by atoms with Gasteiger partial charge in [0.05, 0.1) is 18.1 Å². The van der Waals surface area contributed by atoms with Crippen LogP contribution in [0.15, 0.2) is 12.2 Å². The average molecular weight is 481 g/mol. The van der Waals surface area contributed by atoms with Crippen LogP contribution in [0, 0.1) is 34.0 Å². The molecule has 192 valence electrons. The van der Waals surface area contributed by atoms with Crippen molar-refractivity contribution < 1.29 is 39.8 Å². The largest absolute Gasteiger partial charge is 0.432 e. The molecule has 1 aliphatic heterocycles. The first-order valence-corrected chi connectivity index (χ1v) is 12.9. The number of allylic oxidation sites excluding steroid dienone is 1. The zero-order chi connectivity index (χ0) is 24.6. The average Bonchev–Trinajstić information content (AvgIpc) is 3.05. The molecular weight excluding hydrogens is 440 g/mol. The second kappa shape index (κ2) is 8.25. The number of fused-ring (bicyclic) bond motifs is 3. The van der Waals surface area contributed by atoms with Gasteiger partial charge in [0.15, 0.2) is 0 Å². The summed E-state index contributed by atoms with van der Waals surface area (Å²) < 4.78 is 11.1. The SMILES string of the molecule is C=C1C[C@]23C[C@H]1CC[C@H]2[C@]1(C)CCC[C@@](C)(C(=O)O[C@@H]2O[C@H](CO)[C@@H](O)[C@H](O)[C@H]2O)[C@H]1C[C@H]3O. The third-order valence-electron chi connectivity index (χ3n) is 10.7. The summed E-state index contributed by atoms with van der Waals surface area (Å²) in [4.78, 5) is 13.7. The van der Waals surface area contributed by atoms with Gasteiger partial charge in [-0.25, -0.2) is 0 Å². The fourth-order valence-electron chi connectivity index (χ4n) is 8.91. The Hall–Kier alpha value is -1.03. The van der Waals surface area contributed by atoms with Crippen molar-refractivity contribution in [3.05, 3.63) is 12.2 Å². The van der Waals surface area contributed by atoms with Crippen molar-refractivity contribution >= 4 is 5.97 Å². The molecule has 5 fully saturated rings. The van der Waals surface area contributed by atoms with Crippen LogP contribution in [0.1, 0.15) is 65.2 Å². The van der Waals surface area contributed by atoms with Gasteiger partial charge in [0.1, 0.15) is 24.4 Å². The van der Waals surface area contributed by atoms with Crippen LogP contribution in [-0.4, -0.2) is 74.9 Å². The Balaban J connectivity index is 1.41. The van der Waals surface area contributed by atoms with E-state index in [0.29, 0.717) is 24.7 Å². The molecular formula is C26H40O8. The smallest absolute Gasteiger partial charge is 0.314 e. The highest BCUT2D eigenvalue weighted by molar-refractivity contribution is 5.77. The van der Waals surface area contributed by atoms with E-state index >= 15 is 0 Å². The van der Waals surface area contributed by atoms with Crippen molar-refractivity contribution in [2.45, 2.75) is 102 Å². The molecule has 12 atom stereocenters. The minimum absolute atomic E-state index is 0.0952. The van der Waals surface area contributed by atoms with Crippen molar-refractivity contribution in [3.63, 3.8) is 0 Å². The lowest BCUT2D eigenvalue weighted by Crippen LogP contribution is -2.64. The van der Waals surface area contributed by atoms with Gasteiger partial charge < -0.3 is 35.0 Å². The van der Waals surface area contributed by atoms with Crippen LogP contribution < -0.4 is 0 Å². The summed E-state index contributed by atoms with van der Waals surface area (Å²) in [6.07, 6.45) is -0.892. The number of carbonyl (C=O) groups excluding carboxylic acids is 1. The number of carbonyl (C=O) groups is 1. The van der Waals surface area contributed by atoms with Gasteiger partial charge in [0.2, 0.25) is 6.29 Å². The second-order valence-electron chi connectivity index (χ2n) is 12.3. The first kappa shape index (κ1) is 24.7. The van der Waals surface area contributed by atoms with E-state index in [-0.39, 0.29) is 16.7 Å². The number of aliphatic hydroxyl groups is 5. The maximum absolute atomic E-state index is 13.7. The summed E-state index contributed by atoms with van der Waals surface area (Å²) >= 11 is 0. The highest BCUT2D eigenvalue weighted by atomic mass is 16.7. The zero-order valence-electron chi connectivity index (χ0n) is 20.2. The summed E-state index contributed by atoms with van der Waals surface area (Å²) in [5, 5.41) is 51.5. The molecule has 0 amide bonds. The van der Waals surface area contributed by atoms with E-state index in [9.17, 15) is 30.3 Å². The molecule has 4 aliphatic carbocycles. The Morgan fingerprint density at radius 1 is 1.09 bits per heavy atom. The molecule has 0 aromatic carbocycles. The van der Waals surface area contributed by atoms with Crippen LogP contribution in [0.3, 0.4) is 0 Å². The molecule has 0 unspecified atom stereocenters. The maximum Gasteiger partial charge on any atom is 0.314 e. The van der Waals surface area contributed by atoms with E-state index in [1.807, 2.05) is 6.92 Å². The molecule has 0 radical (unpaired) electrons. The summed E-state index contributed by atoms with van der Waals surface area (Å²) in [6, 6.07) is 0. The second-order valence-corrected chi connectivity index (χ2v) is 12.3. The van der Waals surface area contributed by atoms with Crippen LogP contribution >= 0.6 is 0 Å². The van der Waals surface area contributed by atoms with E-state index in [1.165, 1.54) is 5.57 Å². The van der Waals surface area contributed by atoms with Crippen LogP contribution in [-0.2, 0) is 14.3 Å². The van der Waals surface area contributed by atoms with Gasteiger partial charge in [-0.3, -0.25) is 4.79 Å². The Kier molecular flexibility index (Phi) is 5.98. The zero-order valence-corrected chi connectivity index (χ0v) is 20.2. The molecule has 34 heavy (non-hydrogen) atoms. The van der Waals surface area contributed by atoms with Gasteiger partial charge in [-0.2, -0.15) is 0 Å². The molecule has 1 heterocycles. The summed E-state index contributed by atoms with van der Waals surface area (Å²) in [5.74, 6) is 0.184. The van der Waals surface area contributed by atoms with Gasteiger partial charge in [-0.05, 0) is 75.0 Å². The molecule has 8 heteroatoms. The van der Waals surface area contributed by atoms with Crippen molar-refractivity contribution in [1.82, 2.24) is 0 Å². The third-order valence-corrected chi connectivity index (χ3v) is 10.7. The number of aliphatic hydroxyl groups excluding tert-OH is 5. The maximum atomic E-state index is 13.7. The molecule has 2 bridgehead atoms. The number of hydrogen-bond acceptors (Lipinski definition) is 8. The lowest BCUT2D eigenvalue weighted by atomic mass is 9.40. The first-order chi connectivity index (χ1) is 16.0. The molecule has 5 rings (SSSR count). The summed E-state index contributed by atoms with van der Waals surface area (Å²) in [6.45, 7) is 7.92. The van der Waals surface area contributed by atoms with Crippen LogP contribution in [0.2, 0.25) is 0 Å². The van der Waals surface area contributed by atoms with Gasteiger partial charge in [-0.15, -0.1) is 0 Å². The van der Waals surface area contributed by atoms with Crippen LogP contribution in [0.5, 0.6) is 0 Å². The highest BCUT2D eigenvalue weighted by Gasteiger charge is 2.68. The Bertz CT molecular complexity index is 845. The topological polar surface area (TPSA) is 137 Å². The van der Waals surface area contributed by atoms with Crippen LogP contribution in [0.25, 0.3) is 0 Å². The number of rotatable bonds is 3. The molecule has 8 nitrogen and oxygen atoms in total.